The van der Waals surface area contributed by atoms with Crippen LogP contribution in [0.1, 0.15) is 24.0 Å². The molecule has 3 aromatic rings. The Hall–Kier alpha value is -2.34. The van der Waals surface area contributed by atoms with Gasteiger partial charge < -0.3 is 0 Å². The summed E-state index contributed by atoms with van der Waals surface area (Å²) in [6, 6.07) is 5.83. The lowest BCUT2D eigenvalue weighted by atomic mass is 10.2. The zero-order chi connectivity index (χ0) is 14.7. The molecule has 6 nitrogen and oxygen atoms in total. The number of halogens is 1. The van der Waals surface area contributed by atoms with Gasteiger partial charge in [0.15, 0.2) is 0 Å². The molecular weight excluding hydrogens is 288 g/mol. The first kappa shape index (κ1) is 13.6. The molecule has 3 rings (SSSR count). The fourth-order valence-electron chi connectivity index (χ4n) is 1.88. The molecule has 7 heteroatoms. The lowest BCUT2D eigenvalue weighted by molar-refractivity contribution is 0.769. The number of hydrogen-bond donors (Lipinski definition) is 0. The minimum absolute atomic E-state index is 0.149. The van der Waals surface area contributed by atoms with E-state index in [9.17, 15) is 0 Å². The van der Waals surface area contributed by atoms with Crippen LogP contribution in [-0.4, -0.2) is 29.7 Å². The first-order chi connectivity index (χ1) is 10.2. The molecule has 106 valence electrons. The normalized spacial score (nSPS) is 10.8. The Morgan fingerprint density at radius 1 is 1.19 bits per heavy atom. The Morgan fingerprint density at radius 2 is 2.10 bits per heavy atom. The highest BCUT2D eigenvalue weighted by molar-refractivity contribution is 6.28. The van der Waals surface area contributed by atoms with Gasteiger partial charge in [0, 0.05) is 24.3 Å². The summed E-state index contributed by atoms with van der Waals surface area (Å²) in [7, 11) is 0. The molecule has 0 aliphatic carbocycles. The van der Waals surface area contributed by atoms with Gasteiger partial charge in [-0.3, -0.25) is 4.98 Å². The highest BCUT2D eigenvalue weighted by Crippen LogP contribution is 2.10. The zero-order valence-electron chi connectivity index (χ0n) is 11.4. The lowest BCUT2D eigenvalue weighted by Crippen LogP contribution is -2.08. The minimum atomic E-state index is 0.149. The van der Waals surface area contributed by atoms with Crippen molar-refractivity contribution in [3.63, 3.8) is 0 Å². The third-order valence-corrected chi connectivity index (χ3v) is 3.15. The van der Waals surface area contributed by atoms with E-state index in [0.29, 0.717) is 18.2 Å². The summed E-state index contributed by atoms with van der Waals surface area (Å²) in [6.45, 7) is 2.10. The van der Waals surface area contributed by atoms with Gasteiger partial charge in [-0.2, -0.15) is 15.1 Å². The summed E-state index contributed by atoms with van der Waals surface area (Å²) in [4.78, 5) is 17.0. The molecule has 0 unspecified atom stereocenters. The topological polar surface area (TPSA) is 69.4 Å². The molecule has 0 aromatic carbocycles. The molecule has 0 atom stereocenters. The first-order valence-corrected chi connectivity index (χ1v) is 6.96. The van der Waals surface area contributed by atoms with E-state index in [0.717, 1.165) is 12.1 Å². The Kier molecular flexibility index (Phi) is 3.87. The molecule has 0 saturated heterocycles. The molecular formula is C14H13ClN6. The molecule has 0 bridgehead atoms. The summed E-state index contributed by atoms with van der Waals surface area (Å²) in [5.41, 5.74) is 2.09. The molecule has 0 saturated carbocycles. The van der Waals surface area contributed by atoms with E-state index in [1.807, 2.05) is 12.3 Å². The van der Waals surface area contributed by atoms with E-state index in [2.05, 4.69) is 38.0 Å². The Labute approximate surface area is 126 Å². The fourth-order valence-corrected chi connectivity index (χ4v) is 2.05. The van der Waals surface area contributed by atoms with Crippen LogP contribution < -0.4 is 0 Å². The number of hydrogen-bond acceptors (Lipinski definition) is 5. The average Bonchev–Trinajstić information content (AvgIpc) is 3.02. The van der Waals surface area contributed by atoms with Crippen LogP contribution in [0, 0.1) is 0 Å². The number of rotatable bonds is 4. The lowest BCUT2D eigenvalue weighted by Gasteiger charge is -2.04. The van der Waals surface area contributed by atoms with Crippen molar-refractivity contribution < 1.29 is 0 Å². The summed E-state index contributed by atoms with van der Waals surface area (Å²) in [6.07, 6.45) is 6.74. The number of aromatic nitrogens is 6. The monoisotopic (exact) mass is 300 g/mol. The van der Waals surface area contributed by atoms with Gasteiger partial charge in [0.05, 0.1) is 6.42 Å². The van der Waals surface area contributed by atoms with E-state index >= 15 is 0 Å². The maximum absolute atomic E-state index is 5.96. The first-order valence-electron chi connectivity index (χ1n) is 6.59. The third-order valence-electron chi connectivity index (χ3n) is 2.99. The number of aryl methyl sites for hydroxylation is 1. The average molecular weight is 301 g/mol. The van der Waals surface area contributed by atoms with Crippen molar-refractivity contribution in [1.29, 1.82) is 0 Å². The zero-order valence-corrected chi connectivity index (χ0v) is 12.2. The molecule has 3 heterocycles. The Balaban J connectivity index is 1.88. The smallest absolute Gasteiger partial charge is 0.255 e. The number of nitrogens with zero attached hydrogens (tertiary/aromatic N) is 6. The standard InChI is InChI=1S/C14H13ClN6/c1-2-10-4-5-11(16-9-10)8-12-18-13(15)20-14(19-12)21-7-3-6-17-21/h3-7,9H,2,8H2,1H3. The largest absolute Gasteiger partial charge is 0.261 e. The van der Waals surface area contributed by atoms with Gasteiger partial charge in [0.25, 0.3) is 5.95 Å². The Morgan fingerprint density at radius 3 is 2.76 bits per heavy atom. The molecule has 3 aromatic heterocycles. The Bertz CT molecular complexity index is 724. The number of pyridine rings is 1. The SMILES string of the molecule is CCc1ccc(Cc2nc(Cl)nc(-n3cccn3)n2)nc1. The highest BCUT2D eigenvalue weighted by atomic mass is 35.5. The highest BCUT2D eigenvalue weighted by Gasteiger charge is 2.08. The van der Waals surface area contributed by atoms with Crippen LogP contribution in [0.25, 0.3) is 5.95 Å². The predicted octanol–water partition coefficient (Wildman–Crippen LogP) is 2.26. The van der Waals surface area contributed by atoms with Gasteiger partial charge in [-0.15, -0.1) is 0 Å². The van der Waals surface area contributed by atoms with Gasteiger partial charge in [-0.1, -0.05) is 13.0 Å². The van der Waals surface area contributed by atoms with E-state index in [1.54, 1.807) is 23.1 Å². The summed E-state index contributed by atoms with van der Waals surface area (Å²) < 4.78 is 1.55. The van der Waals surface area contributed by atoms with Crippen LogP contribution in [0.3, 0.4) is 0 Å². The fraction of sp³-hybridized carbons (Fsp3) is 0.214. The van der Waals surface area contributed by atoms with Crippen LogP contribution in [0.15, 0.2) is 36.8 Å². The van der Waals surface area contributed by atoms with Crippen molar-refractivity contribution in [3.05, 3.63) is 59.2 Å². The van der Waals surface area contributed by atoms with Crippen LogP contribution >= 0.6 is 11.6 Å². The molecule has 0 aliphatic heterocycles. The van der Waals surface area contributed by atoms with Gasteiger partial charge in [-0.05, 0) is 35.7 Å². The predicted molar refractivity (Wildman–Crippen MR) is 78.4 cm³/mol. The van der Waals surface area contributed by atoms with E-state index in [4.69, 9.17) is 11.6 Å². The summed E-state index contributed by atoms with van der Waals surface area (Å²) >= 11 is 5.96. The van der Waals surface area contributed by atoms with Gasteiger partial charge in [-0.25, -0.2) is 9.67 Å². The van der Waals surface area contributed by atoms with Crippen molar-refractivity contribution in [1.82, 2.24) is 29.7 Å². The molecule has 21 heavy (non-hydrogen) atoms. The molecule has 0 aliphatic rings. The second-order valence-corrected chi connectivity index (χ2v) is 4.80. The maximum Gasteiger partial charge on any atom is 0.255 e. The quantitative estimate of drug-likeness (QED) is 0.739. The second kappa shape index (κ2) is 5.97. The maximum atomic E-state index is 5.96. The minimum Gasteiger partial charge on any atom is -0.261 e. The second-order valence-electron chi connectivity index (χ2n) is 4.46. The van der Waals surface area contributed by atoms with Crippen molar-refractivity contribution in [2.75, 3.05) is 0 Å². The molecule has 0 spiro atoms. The summed E-state index contributed by atoms with van der Waals surface area (Å²) in [5.74, 6) is 0.970. The van der Waals surface area contributed by atoms with Gasteiger partial charge in [0.1, 0.15) is 5.82 Å². The van der Waals surface area contributed by atoms with E-state index in [1.165, 1.54) is 5.56 Å². The van der Waals surface area contributed by atoms with Crippen LogP contribution in [0.2, 0.25) is 5.28 Å². The van der Waals surface area contributed by atoms with Crippen LogP contribution in [0.4, 0.5) is 0 Å². The van der Waals surface area contributed by atoms with E-state index in [-0.39, 0.29) is 5.28 Å². The molecule has 0 fully saturated rings. The van der Waals surface area contributed by atoms with Crippen LogP contribution in [0.5, 0.6) is 0 Å². The van der Waals surface area contributed by atoms with E-state index < -0.39 is 0 Å². The van der Waals surface area contributed by atoms with Gasteiger partial charge in [0.2, 0.25) is 5.28 Å². The molecule has 0 amide bonds. The van der Waals surface area contributed by atoms with Crippen molar-refractivity contribution in [2.24, 2.45) is 0 Å². The van der Waals surface area contributed by atoms with Gasteiger partial charge >= 0.3 is 0 Å². The van der Waals surface area contributed by atoms with Crippen molar-refractivity contribution >= 4 is 11.6 Å². The van der Waals surface area contributed by atoms with Crippen molar-refractivity contribution in [2.45, 2.75) is 19.8 Å². The summed E-state index contributed by atoms with van der Waals surface area (Å²) in [5, 5.41) is 4.24. The third kappa shape index (κ3) is 3.22. The molecule has 0 N–H and O–H groups in total. The van der Waals surface area contributed by atoms with Crippen molar-refractivity contribution in [3.8, 4) is 5.95 Å². The molecule has 0 radical (unpaired) electrons. The van der Waals surface area contributed by atoms with Crippen LogP contribution in [-0.2, 0) is 12.8 Å².